The van der Waals surface area contributed by atoms with Gasteiger partial charge in [-0.05, 0) is 18.8 Å². The predicted octanol–water partition coefficient (Wildman–Crippen LogP) is 1.73. The fourth-order valence-electron chi connectivity index (χ4n) is 2.15. The van der Waals surface area contributed by atoms with E-state index in [1.165, 1.54) is 25.7 Å². The topological polar surface area (TPSA) is 43.1 Å². The van der Waals surface area contributed by atoms with Crippen molar-refractivity contribution < 1.29 is 4.79 Å². The van der Waals surface area contributed by atoms with Crippen LogP contribution in [0.15, 0.2) is 0 Å². The molecule has 0 saturated heterocycles. The Hall–Kier alpha value is -0.370. The summed E-state index contributed by atoms with van der Waals surface area (Å²) in [5.74, 6) is 1.21. The van der Waals surface area contributed by atoms with E-state index in [-0.39, 0.29) is 11.8 Å². The van der Waals surface area contributed by atoms with Crippen molar-refractivity contribution in [2.24, 2.45) is 17.6 Å². The number of Topliss-reactive ketones (excluding diaryl/α,β-unsaturated/α-hetero) is 1. The summed E-state index contributed by atoms with van der Waals surface area (Å²) in [4.78, 5) is 11.0. The van der Waals surface area contributed by atoms with E-state index in [0.717, 1.165) is 0 Å². The van der Waals surface area contributed by atoms with E-state index in [9.17, 15) is 4.79 Å². The Labute approximate surface area is 74.5 Å². The second kappa shape index (κ2) is 4.04. The van der Waals surface area contributed by atoms with Crippen LogP contribution in [0.1, 0.15) is 39.5 Å². The number of rotatable bonds is 3. The maximum absolute atomic E-state index is 11.0. The van der Waals surface area contributed by atoms with E-state index in [1.807, 2.05) is 0 Å². The van der Waals surface area contributed by atoms with Crippen molar-refractivity contribution in [3.63, 3.8) is 0 Å². The van der Waals surface area contributed by atoms with Gasteiger partial charge < -0.3 is 5.73 Å². The molecule has 0 spiro atoms. The highest BCUT2D eigenvalue weighted by Crippen LogP contribution is 2.32. The minimum Gasteiger partial charge on any atom is -0.321 e. The van der Waals surface area contributed by atoms with Crippen LogP contribution in [-0.2, 0) is 4.79 Å². The smallest absolute Gasteiger partial charge is 0.146 e. The van der Waals surface area contributed by atoms with E-state index >= 15 is 0 Å². The van der Waals surface area contributed by atoms with Crippen molar-refractivity contribution in [1.82, 2.24) is 0 Å². The van der Waals surface area contributed by atoms with Gasteiger partial charge in [0.1, 0.15) is 5.78 Å². The molecule has 12 heavy (non-hydrogen) atoms. The van der Waals surface area contributed by atoms with E-state index in [4.69, 9.17) is 5.73 Å². The molecule has 2 nitrogen and oxygen atoms in total. The second-order valence-electron chi connectivity index (χ2n) is 4.04. The molecule has 0 unspecified atom stereocenters. The first-order chi connectivity index (χ1) is 5.63. The monoisotopic (exact) mass is 169 g/mol. The van der Waals surface area contributed by atoms with E-state index < -0.39 is 0 Å². The van der Waals surface area contributed by atoms with E-state index in [2.05, 4.69) is 6.92 Å². The minimum absolute atomic E-state index is 0.134. The van der Waals surface area contributed by atoms with Gasteiger partial charge >= 0.3 is 0 Å². The van der Waals surface area contributed by atoms with Gasteiger partial charge in [-0.2, -0.15) is 0 Å². The molecule has 0 bridgehead atoms. The van der Waals surface area contributed by atoms with Crippen LogP contribution in [0.25, 0.3) is 0 Å². The van der Waals surface area contributed by atoms with Crippen LogP contribution in [0.4, 0.5) is 0 Å². The van der Waals surface area contributed by atoms with Crippen LogP contribution in [0, 0.1) is 11.8 Å². The summed E-state index contributed by atoms with van der Waals surface area (Å²) < 4.78 is 0. The van der Waals surface area contributed by atoms with Gasteiger partial charge in [-0.1, -0.05) is 32.6 Å². The van der Waals surface area contributed by atoms with Crippen LogP contribution < -0.4 is 5.73 Å². The van der Waals surface area contributed by atoms with Crippen molar-refractivity contribution in [1.29, 1.82) is 0 Å². The van der Waals surface area contributed by atoms with Crippen LogP contribution in [0.3, 0.4) is 0 Å². The molecule has 1 aliphatic rings. The standard InChI is InChI=1S/C10H19NO/c1-7(10(11)8(2)12)9-5-3-4-6-9/h7,9-10H,3-6,11H2,1-2H3/t7-,10+/m0/s1. The summed E-state index contributed by atoms with van der Waals surface area (Å²) in [5, 5.41) is 0. The Kier molecular flexibility index (Phi) is 3.27. The third-order valence-electron chi connectivity index (χ3n) is 3.18. The van der Waals surface area contributed by atoms with Crippen molar-refractivity contribution in [3.8, 4) is 0 Å². The summed E-state index contributed by atoms with van der Waals surface area (Å²) in [7, 11) is 0. The van der Waals surface area contributed by atoms with E-state index in [1.54, 1.807) is 6.92 Å². The van der Waals surface area contributed by atoms with Gasteiger partial charge in [0.15, 0.2) is 0 Å². The molecule has 0 heterocycles. The summed E-state index contributed by atoms with van der Waals surface area (Å²) in [6, 6.07) is -0.229. The number of carbonyl (C=O) groups excluding carboxylic acids is 1. The number of nitrogens with two attached hydrogens (primary N) is 1. The SMILES string of the molecule is CC(=O)[C@H](N)[C@@H](C)C1CCCC1. The molecular formula is C10H19NO. The summed E-state index contributed by atoms with van der Waals surface area (Å²) >= 11 is 0. The second-order valence-corrected chi connectivity index (χ2v) is 4.04. The first kappa shape index (κ1) is 9.72. The lowest BCUT2D eigenvalue weighted by molar-refractivity contribution is -0.119. The molecule has 0 amide bonds. The fourth-order valence-corrected chi connectivity index (χ4v) is 2.15. The molecule has 0 radical (unpaired) electrons. The lowest BCUT2D eigenvalue weighted by atomic mass is 9.85. The largest absolute Gasteiger partial charge is 0.321 e. The molecule has 2 N–H and O–H groups in total. The lowest BCUT2D eigenvalue weighted by Crippen LogP contribution is -2.38. The molecule has 2 atom stereocenters. The zero-order valence-electron chi connectivity index (χ0n) is 8.05. The van der Waals surface area contributed by atoms with Crippen LogP contribution in [-0.4, -0.2) is 11.8 Å². The van der Waals surface area contributed by atoms with Gasteiger partial charge in [-0.25, -0.2) is 0 Å². The quantitative estimate of drug-likeness (QED) is 0.699. The first-order valence-corrected chi connectivity index (χ1v) is 4.89. The predicted molar refractivity (Wildman–Crippen MR) is 49.8 cm³/mol. The van der Waals surface area contributed by atoms with Gasteiger partial charge in [-0.15, -0.1) is 0 Å². The zero-order chi connectivity index (χ0) is 9.14. The fraction of sp³-hybridized carbons (Fsp3) is 0.900. The highest BCUT2D eigenvalue weighted by molar-refractivity contribution is 5.81. The molecule has 1 saturated carbocycles. The third kappa shape index (κ3) is 2.07. The molecule has 1 fully saturated rings. The van der Waals surface area contributed by atoms with Crippen molar-refractivity contribution in [2.45, 2.75) is 45.6 Å². The highest BCUT2D eigenvalue weighted by atomic mass is 16.1. The Bertz CT molecular complexity index is 161. The molecule has 0 aromatic rings. The maximum Gasteiger partial charge on any atom is 0.146 e. The van der Waals surface area contributed by atoms with Gasteiger partial charge in [0.25, 0.3) is 0 Å². The average molecular weight is 169 g/mol. The molecule has 1 rings (SSSR count). The van der Waals surface area contributed by atoms with Gasteiger partial charge in [-0.3, -0.25) is 4.79 Å². The first-order valence-electron chi connectivity index (χ1n) is 4.89. The number of ketones is 1. The molecule has 2 heteroatoms. The molecule has 0 aromatic carbocycles. The lowest BCUT2D eigenvalue weighted by Gasteiger charge is -2.23. The van der Waals surface area contributed by atoms with Crippen molar-refractivity contribution in [2.75, 3.05) is 0 Å². The van der Waals surface area contributed by atoms with Crippen molar-refractivity contribution in [3.05, 3.63) is 0 Å². The van der Waals surface area contributed by atoms with Gasteiger partial charge in [0.05, 0.1) is 6.04 Å². The molecule has 70 valence electrons. The molecule has 1 aliphatic carbocycles. The number of hydrogen-bond acceptors (Lipinski definition) is 2. The Morgan fingerprint density at radius 3 is 2.33 bits per heavy atom. The third-order valence-corrected chi connectivity index (χ3v) is 3.18. The van der Waals surface area contributed by atoms with Crippen LogP contribution in [0.2, 0.25) is 0 Å². The molecule has 0 aromatic heterocycles. The van der Waals surface area contributed by atoms with Crippen LogP contribution >= 0.6 is 0 Å². The number of carbonyl (C=O) groups is 1. The average Bonchev–Trinajstić information content (AvgIpc) is 2.53. The normalized spacial score (nSPS) is 23.9. The Balaban J connectivity index is 2.44. The highest BCUT2D eigenvalue weighted by Gasteiger charge is 2.27. The maximum atomic E-state index is 11.0. The van der Waals surface area contributed by atoms with Crippen LogP contribution in [0.5, 0.6) is 0 Å². The van der Waals surface area contributed by atoms with Crippen molar-refractivity contribution >= 4 is 5.78 Å². The summed E-state index contributed by atoms with van der Waals surface area (Å²) in [6.07, 6.45) is 5.17. The molecule has 0 aliphatic heterocycles. The Morgan fingerprint density at radius 2 is 1.92 bits per heavy atom. The Morgan fingerprint density at radius 1 is 1.42 bits per heavy atom. The molecular weight excluding hydrogens is 150 g/mol. The zero-order valence-corrected chi connectivity index (χ0v) is 8.05. The summed E-state index contributed by atoms with van der Waals surface area (Å²) in [6.45, 7) is 3.71. The van der Waals surface area contributed by atoms with E-state index in [0.29, 0.717) is 11.8 Å². The minimum atomic E-state index is -0.229. The van der Waals surface area contributed by atoms with Gasteiger partial charge in [0.2, 0.25) is 0 Å². The van der Waals surface area contributed by atoms with Gasteiger partial charge in [0, 0.05) is 0 Å². The summed E-state index contributed by atoms with van der Waals surface area (Å²) in [5.41, 5.74) is 5.79. The number of hydrogen-bond donors (Lipinski definition) is 1.